The highest BCUT2D eigenvalue weighted by Crippen LogP contribution is 2.29. The molecule has 0 spiro atoms. The molecule has 0 atom stereocenters. The number of anilines is 1. The van der Waals surface area contributed by atoms with E-state index in [0.29, 0.717) is 15.7 Å². The summed E-state index contributed by atoms with van der Waals surface area (Å²) in [4.78, 5) is 12.1. The maximum atomic E-state index is 12.1. The summed E-state index contributed by atoms with van der Waals surface area (Å²) in [7, 11) is 0. The van der Waals surface area contributed by atoms with Gasteiger partial charge >= 0.3 is 0 Å². The minimum absolute atomic E-state index is 0.243. The van der Waals surface area contributed by atoms with Gasteiger partial charge in [0.15, 0.2) is 5.69 Å². The van der Waals surface area contributed by atoms with Crippen molar-refractivity contribution in [1.29, 1.82) is 0 Å². The van der Waals surface area contributed by atoms with E-state index in [0.717, 1.165) is 13.1 Å². The van der Waals surface area contributed by atoms with Crippen LogP contribution in [0.5, 0.6) is 0 Å². The first-order valence-electron chi connectivity index (χ1n) is 6.03. The van der Waals surface area contributed by atoms with Gasteiger partial charge in [-0.3, -0.25) is 4.79 Å². The second-order valence-corrected chi connectivity index (χ2v) is 5.24. The van der Waals surface area contributed by atoms with E-state index >= 15 is 0 Å². The lowest BCUT2D eigenvalue weighted by molar-refractivity contribution is 0.102. The molecule has 0 unspecified atom stereocenters. The van der Waals surface area contributed by atoms with E-state index in [4.69, 9.17) is 23.2 Å². The molecule has 1 saturated heterocycles. The fourth-order valence-corrected chi connectivity index (χ4v) is 2.15. The highest BCUT2D eigenvalue weighted by molar-refractivity contribution is 6.44. The van der Waals surface area contributed by atoms with E-state index in [-0.39, 0.29) is 17.6 Å². The van der Waals surface area contributed by atoms with Gasteiger partial charge in [0, 0.05) is 13.1 Å². The maximum absolute atomic E-state index is 12.1. The number of hydrogen-bond donors (Lipinski definition) is 2. The summed E-state index contributed by atoms with van der Waals surface area (Å²) >= 11 is 11.9. The fourth-order valence-electron chi connectivity index (χ4n) is 1.81. The number of halogens is 2. The van der Waals surface area contributed by atoms with Crippen LogP contribution in [0.4, 0.5) is 5.69 Å². The SMILES string of the molecule is O=C(Nc1cccc(Cl)c1Cl)c1cn(C2CNC2)nn1. The lowest BCUT2D eigenvalue weighted by Crippen LogP contribution is -2.43. The smallest absolute Gasteiger partial charge is 0.277 e. The molecule has 20 heavy (non-hydrogen) atoms. The van der Waals surface area contributed by atoms with E-state index < -0.39 is 0 Å². The predicted molar refractivity (Wildman–Crippen MR) is 76.3 cm³/mol. The van der Waals surface area contributed by atoms with Gasteiger partial charge in [0.05, 0.1) is 28.0 Å². The Morgan fingerprint density at radius 3 is 2.90 bits per heavy atom. The second-order valence-electron chi connectivity index (χ2n) is 4.45. The fraction of sp³-hybridized carbons (Fsp3) is 0.250. The molecule has 6 nitrogen and oxygen atoms in total. The number of rotatable bonds is 3. The van der Waals surface area contributed by atoms with E-state index in [1.165, 1.54) is 0 Å². The third-order valence-electron chi connectivity index (χ3n) is 3.08. The van der Waals surface area contributed by atoms with Crippen molar-refractivity contribution in [2.75, 3.05) is 18.4 Å². The Kier molecular flexibility index (Phi) is 3.60. The van der Waals surface area contributed by atoms with Gasteiger partial charge in [0.25, 0.3) is 5.91 Å². The molecule has 0 bridgehead atoms. The topological polar surface area (TPSA) is 71.8 Å². The largest absolute Gasteiger partial charge is 0.319 e. The molecule has 1 fully saturated rings. The van der Waals surface area contributed by atoms with Crippen molar-refractivity contribution >= 4 is 34.8 Å². The number of nitrogens with one attached hydrogen (secondary N) is 2. The summed E-state index contributed by atoms with van der Waals surface area (Å²) in [5.74, 6) is -0.368. The van der Waals surface area contributed by atoms with Crippen molar-refractivity contribution in [3.8, 4) is 0 Å². The monoisotopic (exact) mass is 311 g/mol. The van der Waals surface area contributed by atoms with Crippen LogP contribution < -0.4 is 10.6 Å². The zero-order valence-electron chi connectivity index (χ0n) is 10.3. The molecule has 0 radical (unpaired) electrons. The van der Waals surface area contributed by atoms with Crippen LogP contribution in [0.25, 0.3) is 0 Å². The van der Waals surface area contributed by atoms with Crippen molar-refractivity contribution in [2.45, 2.75) is 6.04 Å². The third kappa shape index (κ3) is 2.49. The highest BCUT2D eigenvalue weighted by atomic mass is 35.5. The summed E-state index contributed by atoms with van der Waals surface area (Å²) < 4.78 is 1.69. The molecule has 0 aliphatic carbocycles. The molecule has 1 aromatic carbocycles. The van der Waals surface area contributed by atoms with E-state index in [2.05, 4.69) is 20.9 Å². The summed E-state index contributed by atoms with van der Waals surface area (Å²) in [6.45, 7) is 1.68. The van der Waals surface area contributed by atoms with E-state index in [9.17, 15) is 4.79 Å². The molecule has 1 amide bonds. The number of carbonyl (C=O) groups excluding carboxylic acids is 1. The first kappa shape index (κ1) is 13.4. The quantitative estimate of drug-likeness (QED) is 0.909. The molecule has 0 saturated carbocycles. The molecular weight excluding hydrogens is 301 g/mol. The predicted octanol–water partition coefficient (Wildman–Crippen LogP) is 1.98. The summed E-state index contributed by atoms with van der Waals surface area (Å²) in [5.41, 5.74) is 0.692. The van der Waals surface area contributed by atoms with E-state index in [1.54, 1.807) is 29.1 Å². The molecule has 1 aromatic heterocycles. The Hall–Kier alpha value is -1.63. The zero-order valence-corrected chi connectivity index (χ0v) is 11.8. The number of hydrogen-bond acceptors (Lipinski definition) is 4. The highest BCUT2D eigenvalue weighted by Gasteiger charge is 2.22. The Balaban J connectivity index is 1.75. The standard InChI is InChI=1S/C12H11Cl2N5O/c13-8-2-1-3-9(11(8)14)16-12(20)10-6-19(18-17-10)7-4-15-5-7/h1-3,6-7,15H,4-5H2,(H,16,20). The Morgan fingerprint density at radius 1 is 1.40 bits per heavy atom. The van der Waals surface area contributed by atoms with Crippen LogP contribution >= 0.6 is 23.2 Å². The van der Waals surface area contributed by atoms with Crippen LogP contribution in [0, 0.1) is 0 Å². The Labute approximate surface area is 125 Å². The summed E-state index contributed by atoms with van der Waals surface area (Å²) in [6, 6.07) is 5.30. The summed E-state index contributed by atoms with van der Waals surface area (Å²) in [5, 5.41) is 14.3. The minimum atomic E-state index is -0.368. The lowest BCUT2D eigenvalue weighted by atomic mass is 10.2. The molecule has 1 aliphatic heterocycles. The number of aromatic nitrogens is 3. The van der Waals surface area contributed by atoms with Crippen molar-refractivity contribution in [1.82, 2.24) is 20.3 Å². The summed E-state index contributed by atoms with van der Waals surface area (Å²) in [6.07, 6.45) is 1.62. The van der Waals surface area contributed by atoms with Crippen LogP contribution in [0.15, 0.2) is 24.4 Å². The Bertz CT molecular complexity index is 653. The average molecular weight is 312 g/mol. The van der Waals surface area contributed by atoms with Crippen LogP contribution in [-0.2, 0) is 0 Å². The van der Waals surface area contributed by atoms with Gasteiger partial charge in [-0.2, -0.15) is 0 Å². The molecule has 2 heterocycles. The van der Waals surface area contributed by atoms with Gasteiger partial charge in [-0.25, -0.2) is 4.68 Å². The molecular formula is C12H11Cl2N5O. The van der Waals surface area contributed by atoms with Crippen molar-refractivity contribution in [2.24, 2.45) is 0 Å². The van der Waals surface area contributed by atoms with Crippen LogP contribution in [-0.4, -0.2) is 34.0 Å². The van der Waals surface area contributed by atoms with Gasteiger partial charge in [0.1, 0.15) is 0 Å². The second kappa shape index (κ2) is 5.40. The Morgan fingerprint density at radius 2 is 2.20 bits per heavy atom. The molecule has 104 valence electrons. The van der Waals surface area contributed by atoms with Crippen LogP contribution in [0.2, 0.25) is 10.0 Å². The molecule has 2 N–H and O–H groups in total. The van der Waals surface area contributed by atoms with Crippen LogP contribution in [0.3, 0.4) is 0 Å². The van der Waals surface area contributed by atoms with Gasteiger partial charge in [-0.05, 0) is 12.1 Å². The van der Waals surface area contributed by atoms with Crippen molar-refractivity contribution < 1.29 is 4.79 Å². The first-order chi connectivity index (χ1) is 9.65. The minimum Gasteiger partial charge on any atom is -0.319 e. The third-order valence-corrected chi connectivity index (χ3v) is 3.90. The van der Waals surface area contributed by atoms with Gasteiger partial charge in [-0.1, -0.05) is 34.5 Å². The van der Waals surface area contributed by atoms with Gasteiger partial charge in [0.2, 0.25) is 0 Å². The normalized spacial score (nSPS) is 14.9. The molecule has 1 aliphatic rings. The number of benzene rings is 1. The van der Waals surface area contributed by atoms with Gasteiger partial charge in [-0.15, -0.1) is 5.10 Å². The molecule has 8 heteroatoms. The van der Waals surface area contributed by atoms with Crippen molar-refractivity contribution in [3.05, 3.63) is 40.1 Å². The van der Waals surface area contributed by atoms with Crippen molar-refractivity contribution in [3.63, 3.8) is 0 Å². The number of carbonyl (C=O) groups is 1. The lowest BCUT2D eigenvalue weighted by Gasteiger charge is -2.26. The van der Waals surface area contributed by atoms with E-state index in [1.807, 2.05) is 0 Å². The van der Waals surface area contributed by atoms with Gasteiger partial charge < -0.3 is 10.6 Å². The molecule has 2 aromatic rings. The average Bonchev–Trinajstić information content (AvgIpc) is 2.82. The molecule has 3 rings (SSSR count). The first-order valence-corrected chi connectivity index (χ1v) is 6.78. The van der Waals surface area contributed by atoms with Crippen LogP contribution in [0.1, 0.15) is 16.5 Å². The maximum Gasteiger partial charge on any atom is 0.277 e. The number of amides is 1. The number of nitrogens with zero attached hydrogens (tertiary/aromatic N) is 3. The zero-order chi connectivity index (χ0) is 14.1.